The molecule has 0 bridgehead atoms. The quantitative estimate of drug-likeness (QED) is 0.864. The first-order valence-corrected chi connectivity index (χ1v) is 6.91. The second-order valence-electron chi connectivity index (χ2n) is 5.58. The maximum Gasteiger partial charge on any atom is 0.137 e. The van der Waals surface area contributed by atoms with E-state index in [1.807, 2.05) is 18.2 Å². The highest BCUT2D eigenvalue weighted by Gasteiger charge is 2.17. The lowest BCUT2D eigenvalue weighted by Gasteiger charge is -2.27. The number of methoxy groups -OCH3 is 1. The van der Waals surface area contributed by atoms with Gasteiger partial charge in [0, 0.05) is 5.54 Å². The molecule has 0 fully saturated rings. The highest BCUT2D eigenvalue weighted by atomic mass is 16.5. The van der Waals surface area contributed by atoms with Gasteiger partial charge in [-0.1, -0.05) is 30.3 Å². The minimum absolute atomic E-state index is 0.00255. The number of rotatable bonds is 6. The van der Waals surface area contributed by atoms with Crippen molar-refractivity contribution in [2.75, 3.05) is 12.4 Å². The Labute approximate surface area is 121 Å². The number of aryl methyl sites for hydroxylation is 1. The number of nitrogens with one attached hydrogen (secondary N) is 1. The number of hydrogen-bond donors (Lipinski definition) is 1. The third-order valence-corrected chi connectivity index (χ3v) is 3.32. The molecule has 3 nitrogen and oxygen atoms in total. The van der Waals surface area contributed by atoms with Gasteiger partial charge in [-0.2, -0.15) is 0 Å². The number of pyridine rings is 1. The second kappa shape index (κ2) is 6.42. The Morgan fingerprint density at radius 2 is 1.85 bits per heavy atom. The van der Waals surface area contributed by atoms with Crippen molar-refractivity contribution in [1.82, 2.24) is 4.98 Å². The summed E-state index contributed by atoms with van der Waals surface area (Å²) in [4.78, 5) is 4.35. The Kier molecular flexibility index (Phi) is 4.61. The normalized spacial score (nSPS) is 11.2. The molecule has 1 aromatic heterocycles. The van der Waals surface area contributed by atoms with Gasteiger partial charge in [0.2, 0.25) is 0 Å². The smallest absolute Gasteiger partial charge is 0.137 e. The van der Waals surface area contributed by atoms with E-state index < -0.39 is 0 Å². The molecule has 1 N–H and O–H groups in total. The molecule has 1 heterocycles. The topological polar surface area (TPSA) is 34.1 Å². The lowest BCUT2D eigenvalue weighted by molar-refractivity contribution is 0.413. The van der Waals surface area contributed by atoms with Crippen molar-refractivity contribution in [2.24, 2.45) is 0 Å². The largest absolute Gasteiger partial charge is 0.495 e. The summed E-state index contributed by atoms with van der Waals surface area (Å²) in [5, 5.41) is 3.47. The van der Waals surface area contributed by atoms with Gasteiger partial charge in [0.25, 0.3) is 0 Å². The molecular formula is C17H22N2O. The van der Waals surface area contributed by atoms with Crippen LogP contribution in [0.4, 0.5) is 5.82 Å². The molecule has 0 aliphatic rings. The van der Waals surface area contributed by atoms with E-state index in [-0.39, 0.29) is 5.54 Å². The lowest BCUT2D eigenvalue weighted by atomic mass is 9.95. The van der Waals surface area contributed by atoms with Crippen LogP contribution in [0.2, 0.25) is 0 Å². The third kappa shape index (κ3) is 4.26. The Hall–Kier alpha value is -2.03. The summed E-state index contributed by atoms with van der Waals surface area (Å²) < 4.78 is 5.11. The molecule has 20 heavy (non-hydrogen) atoms. The molecule has 0 saturated carbocycles. The summed E-state index contributed by atoms with van der Waals surface area (Å²) in [6, 6.07) is 14.4. The van der Waals surface area contributed by atoms with Gasteiger partial charge in [-0.3, -0.25) is 0 Å². The van der Waals surface area contributed by atoms with Gasteiger partial charge in [-0.15, -0.1) is 0 Å². The van der Waals surface area contributed by atoms with Crippen molar-refractivity contribution in [2.45, 2.75) is 32.2 Å². The van der Waals surface area contributed by atoms with E-state index in [1.54, 1.807) is 13.3 Å². The van der Waals surface area contributed by atoms with Gasteiger partial charge in [0.15, 0.2) is 0 Å². The predicted octanol–water partition coefficient (Wildman–Crippen LogP) is 3.91. The van der Waals surface area contributed by atoms with Crippen molar-refractivity contribution >= 4 is 5.82 Å². The van der Waals surface area contributed by atoms with Gasteiger partial charge in [0.1, 0.15) is 11.6 Å². The van der Waals surface area contributed by atoms with Crippen molar-refractivity contribution in [3.8, 4) is 5.75 Å². The van der Waals surface area contributed by atoms with Crippen LogP contribution in [0.25, 0.3) is 0 Å². The molecule has 2 aromatic rings. The minimum atomic E-state index is -0.00255. The van der Waals surface area contributed by atoms with Crippen molar-refractivity contribution in [3.63, 3.8) is 0 Å². The van der Waals surface area contributed by atoms with E-state index in [9.17, 15) is 0 Å². The second-order valence-corrected chi connectivity index (χ2v) is 5.58. The summed E-state index contributed by atoms with van der Waals surface area (Å²) in [6.45, 7) is 4.39. The standard InChI is InChI=1S/C17H22N2O/c1-17(2,12-11-14-7-5-4-6-8-14)19-16-10-9-15(20-3)13-18-16/h4-10,13H,11-12H2,1-3H3,(H,18,19). The zero-order chi connectivity index (χ0) is 14.4. The van der Waals surface area contributed by atoms with E-state index in [0.717, 1.165) is 24.4 Å². The van der Waals surface area contributed by atoms with Gasteiger partial charge in [0.05, 0.1) is 13.3 Å². The van der Waals surface area contributed by atoms with Crippen LogP contribution >= 0.6 is 0 Å². The molecule has 0 aliphatic carbocycles. The van der Waals surface area contributed by atoms with Crippen LogP contribution < -0.4 is 10.1 Å². The predicted molar refractivity (Wildman–Crippen MR) is 83.3 cm³/mol. The zero-order valence-corrected chi connectivity index (χ0v) is 12.4. The Bertz CT molecular complexity index is 520. The molecular weight excluding hydrogens is 248 g/mol. The molecule has 3 heteroatoms. The first-order valence-electron chi connectivity index (χ1n) is 6.91. The Balaban J connectivity index is 1.92. The monoisotopic (exact) mass is 270 g/mol. The van der Waals surface area contributed by atoms with Crippen LogP contribution in [-0.2, 0) is 6.42 Å². The zero-order valence-electron chi connectivity index (χ0n) is 12.4. The fourth-order valence-electron chi connectivity index (χ4n) is 2.09. The summed E-state index contributed by atoms with van der Waals surface area (Å²) in [6.07, 6.45) is 3.83. The lowest BCUT2D eigenvalue weighted by Crippen LogP contribution is -2.31. The average Bonchev–Trinajstić information content (AvgIpc) is 2.47. The SMILES string of the molecule is COc1ccc(NC(C)(C)CCc2ccccc2)nc1. The first kappa shape index (κ1) is 14.4. The van der Waals surface area contributed by atoms with Gasteiger partial charge < -0.3 is 10.1 Å². The molecule has 0 aliphatic heterocycles. The van der Waals surface area contributed by atoms with E-state index in [4.69, 9.17) is 4.74 Å². The van der Waals surface area contributed by atoms with Crippen molar-refractivity contribution < 1.29 is 4.74 Å². The number of ether oxygens (including phenoxy) is 1. The Morgan fingerprint density at radius 3 is 2.45 bits per heavy atom. The number of nitrogens with zero attached hydrogens (tertiary/aromatic N) is 1. The summed E-state index contributed by atoms with van der Waals surface area (Å²) >= 11 is 0. The minimum Gasteiger partial charge on any atom is -0.495 e. The molecule has 2 rings (SSSR count). The summed E-state index contributed by atoms with van der Waals surface area (Å²) in [5.41, 5.74) is 1.36. The van der Waals surface area contributed by atoms with Crippen LogP contribution in [0.5, 0.6) is 5.75 Å². The molecule has 0 saturated heterocycles. The number of benzene rings is 1. The number of aromatic nitrogens is 1. The molecule has 0 spiro atoms. The van der Waals surface area contributed by atoms with Crippen LogP contribution in [0.15, 0.2) is 48.7 Å². The number of anilines is 1. The van der Waals surface area contributed by atoms with Gasteiger partial charge >= 0.3 is 0 Å². The highest BCUT2D eigenvalue weighted by molar-refractivity contribution is 5.39. The third-order valence-electron chi connectivity index (χ3n) is 3.32. The summed E-state index contributed by atoms with van der Waals surface area (Å²) in [7, 11) is 1.65. The van der Waals surface area contributed by atoms with Crippen LogP contribution in [0, 0.1) is 0 Å². The fraction of sp³-hybridized carbons (Fsp3) is 0.353. The maximum absolute atomic E-state index is 5.11. The average molecular weight is 270 g/mol. The molecule has 0 atom stereocenters. The fourth-order valence-corrected chi connectivity index (χ4v) is 2.09. The summed E-state index contributed by atoms with van der Waals surface area (Å²) in [5.74, 6) is 1.65. The van der Waals surface area contributed by atoms with Gasteiger partial charge in [-0.05, 0) is 44.4 Å². The van der Waals surface area contributed by atoms with Gasteiger partial charge in [-0.25, -0.2) is 4.98 Å². The highest BCUT2D eigenvalue weighted by Crippen LogP contribution is 2.20. The molecule has 0 radical (unpaired) electrons. The van der Waals surface area contributed by atoms with Crippen molar-refractivity contribution in [3.05, 3.63) is 54.2 Å². The van der Waals surface area contributed by atoms with Crippen LogP contribution in [0.3, 0.4) is 0 Å². The molecule has 0 unspecified atom stereocenters. The molecule has 1 aromatic carbocycles. The van der Waals surface area contributed by atoms with E-state index >= 15 is 0 Å². The maximum atomic E-state index is 5.11. The van der Waals surface area contributed by atoms with Crippen LogP contribution in [-0.4, -0.2) is 17.6 Å². The van der Waals surface area contributed by atoms with E-state index in [1.165, 1.54) is 5.56 Å². The number of hydrogen-bond acceptors (Lipinski definition) is 3. The van der Waals surface area contributed by atoms with E-state index in [2.05, 4.69) is 48.4 Å². The molecule has 0 amide bonds. The molecule has 106 valence electrons. The van der Waals surface area contributed by atoms with E-state index in [0.29, 0.717) is 0 Å². The first-order chi connectivity index (χ1) is 9.59. The van der Waals surface area contributed by atoms with Crippen LogP contribution in [0.1, 0.15) is 25.8 Å². The van der Waals surface area contributed by atoms with Crippen molar-refractivity contribution in [1.29, 1.82) is 0 Å². The Morgan fingerprint density at radius 1 is 1.10 bits per heavy atom.